The molecule has 45 heavy (non-hydrogen) atoms. The van der Waals surface area contributed by atoms with Gasteiger partial charge in [-0.3, -0.25) is 19.0 Å². The molecule has 2 aliphatic rings. The van der Waals surface area contributed by atoms with Crippen molar-refractivity contribution in [3.8, 4) is 5.75 Å². The van der Waals surface area contributed by atoms with Gasteiger partial charge in [0.1, 0.15) is 5.75 Å². The van der Waals surface area contributed by atoms with Gasteiger partial charge in [0.15, 0.2) is 0 Å². The molecule has 2 fully saturated rings. The third-order valence-corrected chi connectivity index (χ3v) is 9.36. The summed E-state index contributed by atoms with van der Waals surface area (Å²) < 4.78 is 25.9. The molecule has 2 aromatic rings. The standard InChI is InChI=1S/C32H45N3O4S.CH4O3S/c1-21-25(15-10-16-28(21)36)30(38)33-26(20-40-24-13-6-5-7-14-24)29(37)19-35-18-23-12-9-8-11-22(23)17-27(35)31(39)34-32(2,3)4;1-5(2,3)4/h5-7,10,13-16,22-23,26-27,29,36-37H,8-9,11-12,17-20H2,1-4H3,(H,33,38)(H,34,39);1H3,(H,2,3,4)/t22-,23+,26?,27-,29+;/m0./s1. The SMILES string of the molecule is CS(=O)(=O)O.Cc1c(O)cccc1C(=O)NC(CSc1ccccc1)[C@H](O)CN1C[C@H]2CCCC[C@H]2C[C@H]1C(=O)NC(C)(C)C. The van der Waals surface area contributed by atoms with E-state index in [4.69, 9.17) is 4.55 Å². The van der Waals surface area contributed by atoms with E-state index in [2.05, 4.69) is 15.5 Å². The molecule has 10 nitrogen and oxygen atoms in total. The summed E-state index contributed by atoms with van der Waals surface area (Å²) >= 11 is 1.57. The molecule has 0 bridgehead atoms. The van der Waals surface area contributed by atoms with Crippen LogP contribution in [0.1, 0.15) is 68.8 Å². The van der Waals surface area contributed by atoms with Gasteiger partial charge in [0.05, 0.1) is 24.4 Å². The lowest BCUT2D eigenvalue weighted by Gasteiger charge is -2.47. The predicted molar refractivity (Wildman–Crippen MR) is 178 cm³/mol. The number of amides is 2. The fourth-order valence-corrected chi connectivity index (χ4v) is 7.09. The van der Waals surface area contributed by atoms with E-state index in [1.807, 2.05) is 51.1 Å². The van der Waals surface area contributed by atoms with Crippen molar-refractivity contribution in [1.82, 2.24) is 15.5 Å². The van der Waals surface area contributed by atoms with Crippen LogP contribution in [0.5, 0.6) is 5.75 Å². The summed E-state index contributed by atoms with van der Waals surface area (Å²) in [5.74, 6) is 1.27. The van der Waals surface area contributed by atoms with Crippen LogP contribution in [0.25, 0.3) is 0 Å². The molecule has 1 unspecified atom stereocenters. The summed E-state index contributed by atoms with van der Waals surface area (Å²) in [6.07, 6.45) is 5.39. The van der Waals surface area contributed by atoms with Gasteiger partial charge in [0.2, 0.25) is 5.91 Å². The first-order chi connectivity index (χ1) is 21.0. The van der Waals surface area contributed by atoms with E-state index in [0.29, 0.717) is 41.5 Å². The highest BCUT2D eigenvalue weighted by atomic mass is 32.2. The highest BCUT2D eigenvalue weighted by Crippen LogP contribution is 2.39. The molecule has 4 rings (SSSR count). The van der Waals surface area contributed by atoms with E-state index < -0.39 is 22.3 Å². The van der Waals surface area contributed by atoms with Crippen LogP contribution in [0.3, 0.4) is 0 Å². The average molecular weight is 664 g/mol. The van der Waals surface area contributed by atoms with Gasteiger partial charge in [0.25, 0.3) is 16.0 Å². The predicted octanol–water partition coefficient (Wildman–Crippen LogP) is 4.25. The number of nitrogens with one attached hydrogen (secondary N) is 2. The largest absolute Gasteiger partial charge is 0.508 e. The summed E-state index contributed by atoms with van der Waals surface area (Å²) in [5, 5.41) is 28.0. The number of likely N-dealkylation sites (tertiary alicyclic amines) is 1. The number of hydrogen-bond donors (Lipinski definition) is 5. The number of rotatable bonds is 9. The molecule has 5 atom stereocenters. The Hall–Kier alpha value is -2.64. The summed E-state index contributed by atoms with van der Waals surface area (Å²) in [6, 6.07) is 13.9. The van der Waals surface area contributed by atoms with E-state index in [0.717, 1.165) is 30.7 Å². The number of aromatic hydroxyl groups is 1. The number of hydrogen-bond acceptors (Lipinski definition) is 8. The number of β-amino-alcohol motifs (C(OH)–C–C–N with tert-alkyl or cyclic N) is 1. The Kier molecular flexibility index (Phi) is 13.3. The lowest BCUT2D eigenvalue weighted by Crippen LogP contribution is -2.60. The van der Waals surface area contributed by atoms with Gasteiger partial charge < -0.3 is 20.8 Å². The maximum atomic E-state index is 13.5. The van der Waals surface area contributed by atoms with Crippen LogP contribution in [0.2, 0.25) is 0 Å². The maximum Gasteiger partial charge on any atom is 0.261 e. The van der Waals surface area contributed by atoms with E-state index in [1.165, 1.54) is 12.8 Å². The number of phenolic OH excluding ortho intramolecular Hbond substituents is 1. The van der Waals surface area contributed by atoms with Crippen LogP contribution >= 0.6 is 11.8 Å². The van der Waals surface area contributed by atoms with Gasteiger partial charge in [-0.1, -0.05) is 43.5 Å². The number of thioether (sulfide) groups is 1. The van der Waals surface area contributed by atoms with Crippen molar-refractivity contribution in [2.45, 2.75) is 88.4 Å². The van der Waals surface area contributed by atoms with E-state index in [1.54, 1.807) is 36.9 Å². The number of nitrogens with zero attached hydrogens (tertiary/aromatic N) is 1. The smallest absolute Gasteiger partial charge is 0.261 e. The Morgan fingerprint density at radius 2 is 1.67 bits per heavy atom. The maximum absolute atomic E-state index is 13.5. The van der Waals surface area contributed by atoms with Crippen molar-refractivity contribution < 1.29 is 32.8 Å². The molecule has 0 spiro atoms. The van der Waals surface area contributed by atoms with Crippen molar-refractivity contribution in [2.75, 3.05) is 25.1 Å². The Morgan fingerprint density at radius 1 is 1.04 bits per heavy atom. The van der Waals surface area contributed by atoms with E-state index in [9.17, 15) is 28.2 Å². The first-order valence-electron chi connectivity index (χ1n) is 15.5. The fraction of sp³-hybridized carbons (Fsp3) is 0.576. The molecule has 0 aromatic heterocycles. The molecule has 5 N–H and O–H groups in total. The Morgan fingerprint density at radius 3 is 2.29 bits per heavy atom. The van der Waals surface area contributed by atoms with Crippen molar-refractivity contribution in [1.29, 1.82) is 0 Å². The van der Waals surface area contributed by atoms with Gasteiger partial charge in [0, 0.05) is 40.4 Å². The molecule has 2 amide bonds. The van der Waals surface area contributed by atoms with E-state index in [-0.39, 0.29) is 29.1 Å². The highest BCUT2D eigenvalue weighted by molar-refractivity contribution is 7.99. The van der Waals surface area contributed by atoms with Crippen LogP contribution in [-0.2, 0) is 14.9 Å². The van der Waals surface area contributed by atoms with Gasteiger partial charge in [-0.15, -0.1) is 11.8 Å². The molecule has 2 aromatic carbocycles. The third kappa shape index (κ3) is 12.2. The van der Waals surface area contributed by atoms with Crippen molar-refractivity contribution >= 4 is 33.7 Å². The molecule has 1 saturated carbocycles. The zero-order valence-electron chi connectivity index (χ0n) is 26.9. The quantitative estimate of drug-likeness (QED) is 0.196. The molecular weight excluding hydrogens is 615 g/mol. The number of benzene rings is 2. The topological polar surface area (TPSA) is 156 Å². The summed E-state index contributed by atoms with van der Waals surface area (Å²) in [7, 11) is -3.67. The van der Waals surface area contributed by atoms with Crippen molar-refractivity contribution in [3.05, 3.63) is 59.7 Å². The lowest BCUT2D eigenvalue weighted by atomic mass is 9.72. The first-order valence-corrected chi connectivity index (χ1v) is 18.3. The number of carbonyl (C=O) groups is 2. The van der Waals surface area contributed by atoms with Crippen LogP contribution in [0.4, 0.5) is 0 Å². The fourth-order valence-electron chi connectivity index (χ4n) is 6.06. The number of aliphatic hydroxyl groups is 1. The molecule has 1 aliphatic carbocycles. The summed E-state index contributed by atoms with van der Waals surface area (Å²) in [4.78, 5) is 30.0. The minimum absolute atomic E-state index is 0.0124. The highest BCUT2D eigenvalue weighted by Gasteiger charge is 2.41. The Bertz CT molecular complexity index is 1370. The number of aliphatic hydroxyl groups excluding tert-OH is 1. The zero-order chi connectivity index (χ0) is 33.4. The second-order valence-corrected chi connectivity index (χ2v) is 15.8. The third-order valence-electron chi connectivity index (χ3n) is 8.23. The van der Waals surface area contributed by atoms with Crippen LogP contribution in [0, 0.1) is 18.8 Å². The first kappa shape index (κ1) is 36.8. The summed E-state index contributed by atoms with van der Waals surface area (Å²) in [5.41, 5.74) is 0.543. The van der Waals surface area contributed by atoms with Crippen molar-refractivity contribution in [3.63, 3.8) is 0 Å². The average Bonchev–Trinajstić information content (AvgIpc) is 2.95. The normalized spacial score (nSPS) is 21.8. The van der Waals surface area contributed by atoms with E-state index >= 15 is 0 Å². The second kappa shape index (κ2) is 16.3. The molecule has 12 heteroatoms. The summed E-state index contributed by atoms with van der Waals surface area (Å²) in [6.45, 7) is 8.76. The minimum atomic E-state index is -3.67. The van der Waals surface area contributed by atoms with Gasteiger partial charge in [-0.05, 0) is 76.6 Å². The van der Waals surface area contributed by atoms with Gasteiger partial charge >= 0.3 is 0 Å². The van der Waals surface area contributed by atoms with Crippen molar-refractivity contribution in [2.24, 2.45) is 11.8 Å². The number of carbonyl (C=O) groups excluding carboxylic acids is 2. The monoisotopic (exact) mass is 663 g/mol. The van der Waals surface area contributed by atoms with Crippen LogP contribution in [-0.4, -0.2) is 88.7 Å². The molecule has 250 valence electrons. The van der Waals surface area contributed by atoms with Crippen LogP contribution < -0.4 is 10.6 Å². The number of phenols is 1. The molecule has 0 radical (unpaired) electrons. The number of fused-ring (bicyclic) bond motifs is 1. The molecule has 1 saturated heterocycles. The molecular formula is C33H49N3O7S2. The molecule has 1 aliphatic heterocycles. The Balaban J connectivity index is 0.00000102. The molecule has 1 heterocycles. The van der Waals surface area contributed by atoms with Gasteiger partial charge in [-0.2, -0.15) is 8.42 Å². The zero-order valence-corrected chi connectivity index (χ0v) is 28.5. The van der Waals surface area contributed by atoms with Crippen LogP contribution in [0.15, 0.2) is 53.4 Å². The second-order valence-electron chi connectivity index (χ2n) is 13.2. The van der Waals surface area contributed by atoms with Gasteiger partial charge in [-0.25, -0.2) is 0 Å². The lowest BCUT2D eigenvalue weighted by molar-refractivity contribution is -0.132. The Labute approximate surface area is 272 Å². The minimum Gasteiger partial charge on any atom is -0.508 e. The number of piperidine rings is 1.